The summed E-state index contributed by atoms with van der Waals surface area (Å²) < 4.78 is 10.7. The van der Waals surface area contributed by atoms with Crippen LogP contribution in [0.15, 0.2) is 18.2 Å². The topological polar surface area (TPSA) is 76.0 Å². The van der Waals surface area contributed by atoms with Crippen LogP contribution in [0.3, 0.4) is 0 Å². The number of hydrogen-bond acceptors (Lipinski definition) is 4. The normalized spacial score (nSPS) is 16.1. The molecule has 0 radical (unpaired) electrons. The second-order valence-electron chi connectivity index (χ2n) is 4.41. The zero-order chi connectivity index (χ0) is 13.1. The van der Waals surface area contributed by atoms with E-state index in [2.05, 4.69) is 0 Å². The van der Waals surface area contributed by atoms with Gasteiger partial charge in [-0.2, -0.15) is 0 Å². The molecular weight excluding hydrogens is 236 g/mol. The summed E-state index contributed by atoms with van der Waals surface area (Å²) in [5.41, 5.74) is 0.276. The van der Waals surface area contributed by atoms with Crippen LogP contribution in [0.4, 0.5) is 0 Å². The number of aliphatic hydroxyl groups is 1. The lowest BCUT2D eigenvalue weighted by Crippen LogP contribution is -2.10. The third kappa shape index (κ3) is 2.92. The predicted molar refractivity (Wildman–Crippen MR) is 63.8 cm³/mol. The Morgan fingerprint density at radius 3 is 2.72 bits per heavy atom. The van der Waals surface area contributed by atoms with E-state index in [1.165, 1.54) is 32.1 Å². The van der Waals surface area contributed by atoms with E-state index in [4.69, 9.17) is 14.6 Å². The highest BCUT2D eigenvalue weighted by molar-refractivity contribution is 5.74. The summed E-state index contributed by atoms with van der Waals surface area (Å²) in [4.78, 5) is 10.7. The van der Waals surface area contributed by atoms with Gasteiger partial charge >= 0.3 is 5.97 Å². The third-order valence-corrected chi connectivity index (χ3v) is 2.91. The van der Waals surface area contributed by atoms with Crippen LogP contribution in [0.25, 0.3) is 0 Å². The largest absolute Gasteiger partial charge is 0.493 e. The molecule has 0 amide bonds. The summed E-state index contributed by atoms with van der Waals surface area (Å²) in [6, 6.07) is 4.65. The second kappa shape index (κ2) is 5.27. The van der Waals surface area contributed by atoms with Crippen molar-refractivity contribution in [1.29, 1.82) is 0 Å². The minimum absolute atomic E-state index is 0.276. The zero-order valence-electron chi connectivity index (χ0n) is 10.1. The number of carboxylic acids is 1. The fourth-order valence-corrected chi connectivity index (χ4v) is 1.61. The Balaban J connectivity index is 2.13. The van der Waals surface area contributed by atoms with Crippen molar-refractivity contribution in [3.8, 4) is 11.5 Å². The highest BCUT2D eigenvalue weighted by atomic mass is 16.5. The maximum atomic E-state index is 10.7. The zero-order valence-corrected chi connectivity index (χ0v) is 10.1. The molecule has 5 nitrogen and oxygen atoms in total. The number of carboxylic acid groups (broad SMARTS) is 1. The van der Waals surface area contributed by atoms with Crippen LogP contribution in [0, 0.1) is 5.92 Å². The number of aliphatic hydroxyl groups excluding tert-OH is 1. The molecule has 1 aliphatic rings. The van der Waals surface area contributed by atoms with Crippen molar-refractivity contribution in [2.24, 2.45) is 5.92 Å². The summed E-state index contributed by atoms with van der Waals surface area (Å²) in [7, 11) is 1.48. The molecule has 1 unspecified atom stereocenters. The van der Waals surface area contributed by atoms with Crippen molar-refractivity contribution >= 4 is 5.97 Å². The minimum atomic E-state index is -1.55. The number of aliphatic carboxylic acids is 1. The lowest BCUT2D eigenvalue weighted by atomic mass is 10.1. The van der Waals surface area contributed by atoms with Gasteiger partial charge < -0.3 is 19.7 Å². The number of rotatable bonds is 6. The summed E-state index contributed by atoms with van der Waals surface area (Å²) in [5.74, 6) is 0.349. The van der Waals surface area contributed by atoms with Gasteiger partial charge in [0.15, 0.2) is 17.6 Å². The van der Waals surface area contributed by atoms with Crippen molar-refractivity contribution in [3.63, 3.8) is 0 Å². The summed E-state index contributed by atoms with van der Waals surface area (Å²) in [5, 5.41) is 18.2. The van der Waals surface area contributed by atoms with E-state index < -0.39 is 12.1 Å². The van der Waals surface area contributed by atoms with Crippen molar-refractivity contribution in [2.75, 3.05) is 13.7 Å². The van der Waals surface area contributed by atoms with Crippen molar-refractivity contribution in [3.05, 3.63) is 23.8 Å². The first kappa shape index (κ1) is 12.7. The lowest BCUT2D eigenvalue weighted by molar-refractivity contribution is -0.146. The van der Waals surface area contributed by atoms with Gasteiger partial charge in [-0.15, -0.1) is 0 Å². The van der Waals surface area contributed by atoms with Gasteiger partial charge in [0.25, 0.3) is 0 Å². The Morgan fingerprint density at radius 1 is 1.44 bits per heavy atom. The quantitative estimate of drug-likeness (QED) is 0.804. The highest BCUT2D eigenvalue weighted by Gasteiger charge is 2.23. The molecule has 1 aromatic carbocycles. The summed E-state index contributed by atoms with van der Waals surface area (Å²) >= 11 is 0. The summed E-state index contributed by atoms with van der Waals surface area (Å²) in [6.07, 6.45) is 0.840. The lowest BCUT2D eigenvalue weighted by Gasteiger charge is -2.13. The molecule has 1 saturated carbocycles. The molecule has 0 heterocycles. The molecule has 2 rings (SSSR count). The van der Waals surface area contributed by atoms with Crippen LogP contribution in [0.5, 0.6) is 11.5 Å². The molecule has 98 valence electrons. The SMILES string of the molecule is COc1cc(C(O)C(=O)O)ccc1OCC1CC1. The van der Waals surface area contributed by atoms with E-state index in [-0.39, 0.29) is 5.56 Å². The van der Waals surface area contributed by atoms with Crippen molar-refractivity contribution in [2.45, 2.75) is 18.9 Å². The van der Waals surface area contributed by atoms with Gasteiger partial charge in [0.1, 0.15) is 0 Å². The highest BCUT2D eigenvalue weighted by Crippen LogP contribution is 2.34. The molecule has 0 aliphatic heterocycles. The first-order valence-electron chi connectivity index (χ1n) is 5.83. The van der Waals surface area contributed by atoms with Crippen LogP contribution in [0.2, 0.25) is 0 Å². The number of carbonyl (C=O) groups is 1. The van der Waals surface area contributed by atoms with Crippen LogP contribution < -0.4 is 9.47 Å². The van der Waals surface area contributed by atoms with E-state index in [9.17, 15) is 9.90 Å². The average Bonchev–Trinajstić information content (AvgIpc) is 3.19. The molecule has 1 atom stereocenters. The monoisotopic (exact) mass is 252 g/mol. The van der Waals surface area contributed by atoms with E-state index in [1.54, 1.807) is 6.07 Å². The Labute approximate surface area is 105 Å². The average molecular weight is 252 g/mol. The van der Waals surface area contributed by atoms with Gasteiger partial charge in [-0.25, -0.2) is 4.79 Å². The van der Waals surface area contributed by atoms with Crippen LogP contribution >= 0.6 is 0 Å². The Hall–Kier alpha value is -1.75. The van der Waals surface area contributed by atoms with Gasteiger partial charge in [0, 0.05) is 0 Å². The number of ether oxygens (including phenoxy) is 2. The molecule has 0 aromatic heterocycles. The Morgan fingerprint density at radius 2 is 2.17 bits per heavy atom. The molecular formula is C13H16O5. The molecule has 0 spiro atoms. The van der Waals surface area contributed by atoms with Gasteiger partial charge in [0.2, 0.25) is 0 Å². The first-order valence-corrected chi connectivity index (χ1v) is 5.83. The van der Waals surface area contributed by atoms with Gasteiger partial charge in [-0.05, 0) is 36.5 Å². The Kier molecular flexibility index (Phi) is 3.72. The van der Waals surface area contributed by atoms with Crippen LogP contribution in [-0.2, 0) is 4.79 Å². The smallest absolute Gasteiger partial charge is 0.337 e. The van der Waals surface area contributed by atoms with Crippen molar-refractivity contribution in [1.82, 2.24) is 0 Å². The van der Waals surface area contributed by atoms with E-state index in [1.807, 2.05) is 0 Å². The molecule has 0 bridgehead atoms. The predicted octanol–water partition coefficient (Wildman–Crippen LogP) is 1.60. The summed E-state index contributed by atoms with van der Waals surface area (Å²) in [6.45, 7) is 0.650. The van der Waals surface area contributed by atoms with E-state index in [0.717, 1.165) is 0 Å². The first-order chi connectivity index (χ1) is 8.61. The van der Waals surface area contributed by atoms with Crippen LogP contribution in [-0.4, -0.2) is 29.9 Å². The number of hydrogen-bond donors (Lipinski definition) is 2. The van der Waals surface area contributed by atoms with E-state index >= 15 is 0 Å². The molecule has 1 aromatic rings. The second-order valence-corrected chi connectivity index (χ2v) is 4.41. The maximum Gasteiger partial charge on any atom is 0.337 e. The van der Waals surface area contributed by atoms with Gasteiger partial charge in [-0.1, -0.05) is 6.07 Å². The molecule has 2 N–H and O–H groups in total. The fourth-order valence-electron chi connectivity index (χ4n) is 1.61. The molecule has 1 aliphatic carbocycles. The molecule has 18 heavy (non-hydrogen) atoms. The molecule has 1 fully saturated rings. The minimum Gasteiger partial charge on any atom is -0.493 e. The third-order valence-electron chi connectivity index (χ3n) is 2.91. The Bertz CT molecular complexity index is 439. The molecule has 0 saturated heterocycles. The number of benzene rings is 1. The van der Waals surface area contributed by atoms with Gasteiger partial charge in [0.05, 0.1) is 13.7 Å². The van der Waals surface area contributed by atoms with Crippen LogP contribution in [0.1, 0.15) is 24.5 Å². The standard InChI is InChI=1S/C13H16O5/c1-17-11-6-9(12(14)13(15)16)4-5-10(11)18-7-8-2-3-8/h4-6,8,12,14H,2-3,7H2,1H3,(H,15,16). The van der Waals surface area contributed by atoms with Crippen molar-refractivity contribution < 1.29 is 24.5 Å². The van der Waals surface area contributed by atoms with Gasteiger partial charge in [-0.3, -0.25) is 0 Å². The number of methoxy groups -OCH3 is 1. The van der Waals surface area contributed by atoms with E-state index in [0.29, 0.717) is 24.0 Å². The molecule has 5 heteroatoms. The maximum absolute atomic E-state index is 10.7. The fraction of sp³-hybridized carbons (Fsp3) is 0.462.